The van der Waals surface area contributed by atoms with Crippen LogP contribution >= 0.6 is 0 Å². The van der Waals surface area contributed by atoms with E-state index in [-0.39, 0.29) is 5.91 Å². The molecule has 1 N–H and O–H groups in total. The summed E-state index contributed by atoms with van der Waals surface area (Å²) in [4.78, 5) is 29.5. The zero-order valence-corrected chi connectivity index (χ0v) is 14.6. The van der Waals surface area contributed by atoms with Crippen molar-refractivity contribution in [1.29, 1.82) is 0 Å². The minimum absolute atomic E-state index is 0.0132. The maximum Gasteiger partial charge on any atom is 0.257 e. The number of hydrogen-bond acceptors (Lipinski definition) is 6. The zero-order valence-electron chi connectivity index (χ0n) is 14.6. The van der Waals surface area contributed by atoms with Crippen LogP contribution in [-0.2, 0) is 0 Å². The van der Waals surface area contributed by atoms with E-state index >= 15 is 0 Å². The lowest BCUT2D eigenvalue weighted by Gasteiger charge is -2.35. The van der Waals surface area contributed by atoms with Crippen LogP contribution in [0.4, 0.5) is 11.8 Å². The summed E-state index contributed by atoms with van der Waals surface area (Å²) >= 11 is 0. The van der Waals surface area contributed by atoms with Crippen LogP contribution in [0.3, 0.4) is 0 Å². The van der Waals surface area contributed by atoms with Gasteiger partial charge in [-0.05, 0) is 18.6 Å². The van der Waals surface area contributed by atoms with E-state index in [1.807, 2.05) is 23.1 Å². The first kappa shape index (κ1) is 17.1. The number of nitrogens with zero attached hydrogens (tertiary/aromatic N) is 5. The highest BCUT2D eigenvalue weighted by molar-refractivity contribution is 5.93. The molecule has 0 unspecified atom stereocenters. The Hall–Kier alpha value is -2.70. The van der Waals surface area contributed by atoms with Gasteiger partial charge in [0.25, 0.3) is 5.91 Å². The van der Waals surface area contributed by atoms with E-state index in [9.17, 15) is 4.79 Å². The molecule has 1 saturated heterocycles. The van der Waals surface area contributed by atoms with Gasteiger partial charge in [-0.1, -0.05) is 19.4 Å². The number of rotatable bonds is 6. The lowest BCUT2D eigenvalue weighted by Crippen LogP contribution is -2.49. The third kappa shape index (κ3) is 4.43. The Morgan fingerprint density at radius 3 is 2.52 bits per heavy atom. The molecule has 7 heteroatoms. The van der Waals surface area contributed by atoms with Crippen molar-refractivity contribution in [3.8, 4) is 0 Å². The fraction of sp³-hybridized carbons (Fsp3) is 0.444. The molecule has 2 aromatic heterocycles. The molecule has 0 bridgehead atoms. The van der Waals surface area contributed by atoms with E-state index in [0.29, 0.717) is 24.6 Å². The first-order valence-corrected chi connectivity index (χ1v) is 8.79. The molecule has 3 heterocycles. The smallest absolute Gasteiger partial charge is 0.257 e. The molecule has 1 amide bonds. The third-order valence-corrected chi connectivity index (χ3v) is 4.25. The molecule has 0 atom stereocenters. The van der Waals surface area contributed by atoms with Crippen LogP contribution < -0.4 is 10.2 Å². The van der Waals surface area contributed by atoms with Crippen LogP contribution in [0, 0.1) is 0 Å². The van der Waals surface area contributed by atoms with Gasteiger partial charge in [-0.3, -0.25) is 4.79 Å². The second-order valence-electron chi connectivity index (χ2n) is 6.04. The van der Waals surface area contributed by atoms with Crippen molar-refractivity contribution >= 4 is 17.7 Å². The van der Waals surface area contributed by atoms with Gasteiger partial charge < -0.3 is 15.1 Å². The summed E-state index contributed by atoms with van der Waals surface area (Å²) in [5.74, 6) is 1.52. The monoisotopic (exact) mass is 340 g/mol. The Balaban J connectivity index is 1.53. The highest BCUT2D eigenvalue weighted by Gasteiger charge is 2.23. The van der Waals surface area contributed by atoms with E-state index in [1.54, 1.807) is 18.6 Å². The molecular formula is C18H24N6O. The van der Waals surface area contributed by atoms with Gasteiger partial charge in [0.2, 0.25) is 5.95 Å². The van der Waals surface area contributed by atoms with Crippen LogP contribution in [0.5, 0.6) is 0 Å². The fourth-order valence-electron chi connectivity index (χ4n) is 2.77. The van der Waals surface area contributed by atoms with Crippen molar-refractivity contribution in [1.82, 2.24) is 19.9 Å². The molecule has 25 heavy (non-hydrogen) atoms. The summed E-state index contributed by atoms with van der Waals surface area (Å²) in [6, 6.07) is 5.88. The molecule has 3 rings (SSSR count). The van der Waals surface area contributed by atoms with E-state index in [4.69, 9.17) is 0 Å². The molecule has 1 fully saturated rings. The number of unbranched alkanes of at least 4 members (excludes halogenated alkanes) is 1. The fourth-order valence-corrected chi connectivity index (χ4v) is 2.77. The van der Waals surface area contributed by atoms with Gasteiger partial charge in [0, 0.05) is 51.3 Å². The highest BCUT2D eigenvalue weighted by Crippen LogP contribution is 2.14. The van der Waals surface area contributed by atoms with Crippen LogP contribution in [0.2, 0.25) is 0 Å². The van der Waals surface area contributed by atoms with E-state index in [1.165, 1.54) is 0 Å². The number of amides is 1. The normalized spacial score (nSPS) is 14.4. The molecule has 0 saturated carbocycles. The molecule has 1 aliphatic heterocycles. The SMILES string of the molecule is CCCCNc1ncc(C(=O)N2CCN(c3ccccn3)CC2)cn1. The van der Waals surface area contributed by atoms with Gasteiger partial charge in [-0.15, -0.1) is 0 Å². The van der Waals surface area contributed by atoms with E-state index < -0.39 is 0 Å². The maximum absolute atomic E-state index is 12.6. The zero-order chi connectivity index (χ0) is 17.5. The topological polar surface area (TPSA) is 74.2 Å². The largest absolute Gasteiger partial charge is 0.354 e. The number of anilines is 2. The number of carbonyl (C=O) groups excluding carboxylic acids is 1. The molecule has 132 valence electrons. The number of piperazine rings is 1. The number of hydrogen-bond donors (Lipinski definition) is 1. The Morgan fingerprint density at radius 1 is 1.12 bits per heavy atom. The summed E-state index contributed by atoms with van der Waals surface area (Å²) < 4.78 is 0. The summed E-state index contributed by atoms with van der Waals surface area (Å²) in [6.07, 6.45) is 7.20. The highest BCUT2D eigenvalue weighted by atomic mass is 16.2. The van der Waals surface area contributed by atoms with Gasteiger partial charge >= 0.3 is 0 Å². The Bertz CT molecular complexity index is 668. The Morgan fingerprint density at radius 2 is 1.88 bits per heavy atom. The Kier molecular flexibility index (Phi) is 5.77. The molecule has 0 aliphatic carbocycles. The van der Waals surface area contributed by atoms with Gasteiger partial charge in [-0.25, -0.2) is 15.0 Å². The van der Waals surface area contributed by atoms with Crippen LogP contribution in [0.25, 0.3) is 0 Å². The number of nitrogens with one attached hydrogen (secondary N) is 1. The first-order chi connectivity index (χ1) is 12.3. The second-order valence-corrected chi connectivity index (χ2v) is 6.04. The van der Waals surface area contributed by atoms with Crippen molar-refractivity contribution in [2.75, 3.05) is 42.9 Å². The minimum Gasteiger partial charge on any atom is -0.354 e. The average Bonchev–Trinajstić information content (AvgIpc) is 2.69. The molecule has 2 aromatic rings. The van der Waals surface area contributed by atoms with Crippen molar-refractivity contribution in [2.45, 2.75) is 19.8 Å². The maximum atomic E-state index is 12.6. The van der Waals surface area contributed by atoms with Gasteiger partial charge in [0.05, 0.1) is 5.56 Å². The predicted octanol–water partition coefficient (Wildman–Crippen LogP) is 2.05. The van der Waals surface area contributed by atoms with Crippen molar-refractivity contribution in [3.05, 3.63) is 42.4 Å². The third-order valence-electron chi connectivity index (χ3n) is 4.25. The number of aromatic nitrogens is 3. The second kappa shape index (κ2) is 8.41. The van der Waals surface area contributed by atoms with Crippen LogP contribution in [0.15, 0.2) is 36.8 Å². The Labute approximate surface area is 148 Å². The number of pyridine rings is 1. The van der Waals surface area contributed by atoms with Crippen molar-refractivity contribution in [2.24, 2.45) is 0 Å². The number of carbonyl (C=O) groups is 1. The lowest BCUT2D eigenvalue weighted by molar-refractivity contribution is 0.0745. The summed E-state index contributed by atoms with van der Waals surface area (Å²) in [6.45, 7) is 5.88. The summed E-state index contributed by atoms with van der Waals surface area (Å²) in [5, 5.41) is 3.15. The first-order valence-electron chi connectivity index (χ1n) is 8.79. The lowest BCUT2D eigenvalue weighted by atomic mass is 10.2. The molecule has 0 aromatic carbocycles. The van der Waals surface area contributed by atoms with Gasteiger partial charge in [-0.2, -0.15) is 0 Å². The van der Waals surface area contributed by atoms with Gasteiger partial charge in [0.1, 0.15) is 5.82 Å². The summed E-state index contributed by atoms with van der Waals surface area (Å²) in [5.41, 5.74) is 0.535. The van der Waals surface area contributed by atoms with E-state index in [0.717, 1.165) is 38.3 Å². The standard InChI is InChI=1S/C18H24N6O/c1-2-3-7-20-18-21-13-15(14-22-18)17(25)24-11-9-23(10-12-24)16-6-4-5-8-19-16/h4-6,8,13-14H,2-3,7,9-12H2,1H3,(H,20,21,22). The van der Waals surface area contributed by atoms with Crippen LogP contribution in [0.1, 0.15) is 30.1 Å². The molecule has 0 spiro atoms. The molecule has 0 radical (unpaired) electrons. The average molecular weight is 340 g/mol. The quantitative estimate of drug-likeness (QED) is 0.811. The molecule has 1 aliphatic rings. The predicted molar refractivity (Wildman–Crippen MR) is 97.8 cm³/mol. The molecule has 7 nitrogen and oxygen atoms in total. The van der Waals surface area contributed by atoms with Crippen molar-refractivity contribution in [3.63, 3.8) is 0 Å². The van der Waals surface area contributed by atoms with Crippen molar-refractivity contribution < 1.29 is 4.79 Å². The summed E-state index contributed by atoms with van der Waals surface area (Å²) in [7, 11) is 0. The van der Waals surface area contributed by atoms with E-state index in [2.05, 4.69) is 32.1 Å². The minimum atomic E-state index is -0.0132. The van der Waals surface area contributed by atoms with Crippen LogP contribution in [-0.4, -0.2) is 58.5 Å². The van der Waals surface area contributed by atoms with Gasteiger partial charge in [0.15, 0.2) is 0 Å². The molecular weight excluding hydrogens is 316 g/mol.